The van der Waals surface area contributed by atoms with Gasteiger partial charge in [-0.3, -0.25) is 9.59 Å². The van der Waals surface area contributed by atoms with Crippen LogP contribution in [-0.2, 0) is 23.8 Å². The van der Waals surface area contributed by atoms with Gasteiger partial charge in [0.05, 0.1) is 31.2 Å². The van der Waals surface area contributed by atoms with E-state index in [1.165, 1.54) is 13.2 Å². The van der Waals surface area contributed by atoms with E-state index in [1.807, 2.05) is 26.0 Å². The zero-order valence-electron chi connectivity index (χ0n) is 16.4. The molecule has 4 atom stereocenters. The van der Waals surface area contributed by atoms with Crippen LogP contribution >= 0.6 is 0 Å². The molecule has 1 aliphatic heterocycles. The van der Waals surface area contributed by atoms with Crippen LogP contribution < -0.4 is 0 Å². The highest BCUT2D eigenvalue weighted by molar-refractivity contribution is 5.98. The SMILES string of the molecule is COC(=O)[C@]12CC(C(O)COC3CCCCO3)C(=O)C=C1C=CCC2(C)C. The zero-order valence-corrected chi connectivity index (χ0v) is 16.4. The van der Waals surface area contributed by atoms with E-state index >= 15 is 0 Å². The lowest BCUT2D eigenvalue weighted by Gasteiger charge is -2.50. The van der Waals surface area contributed by atoms with Gasteiger partial charge in [0, 0.05) is 6.61 Å². The van der Waals surface area contributed by atoms with Crippen LogP contribution in [0, 0.1) is 16.7 Å². The molecule has 0 aromatic rings. The van der Waals surface area contributed by atoms with Crippen molar-refractivity contribution in [3.63, 3.8) is 0 Å². The van der Waals surface area contributed by atoms with Crippen molar-refractivity contribution in [1.82, 2.24) is 0 Å². The van der Waals surface area contributed by atoms with Crippen molar-refractivity contribution < 1.29 is 28.9 Å². The fourth-order valence-corrected chi connectivity index (χ4v) is 4.59. The first kappa shape index (κ1) is 20.2. The minimum Gasteiger partial charge on any atom is -0.468 e. The highest BCUT2D eigenvalue weighted by Gasteiger charge is 2.58. The molecule has 0 amide bonds. The van der Waals surface area contributed by atoms with E-state index in [0.29, 0.717) is 18.6 Å². The Morgan fingerprint density at radius 1 is 1.41 bits per heavy atom. The van der Waals surface area contributed by atoms with Crippen molar-refractivity contribution >= 4 is 11.8 Å². The quantitative estimate of drug-likeness (QED) is 0.741. The maximum absolute atomic E-state index is 12.9. The zero-order chi connectivity index (χ0) is 19.7. The summed E-state index contributed by atoms with van der Waals surface area (Å²) < 4.78 is 16.3. The molecule has 3 aliphatic rings. The molecule has 0 bridgehead atoms. The predicted octanol–water partition coefficient (Wildman–Crippen LogP) is 2.55. The third-order valence-corrected chi connectivity index (χ3v) is 6.35. The molecule has 150 valence electrons. The van der Waals surface area contributed by atoms with Gasteiger partial charge in [-0.2, -0.15) is 0 Å². The van der Waals surface area contributed by atoms with E-state index < -0.39 is 22.9 Å². The molecule has 3 unspecified atom stereocenters. The van der Waals surface area contributed by atoms with E-state index in [9.17, 15) is 14.7 Å². The Balaban J connectivity index is 1.81. The third kappa shape index (κ3) is 3.62. The van der Waals surface area contributed by atoms with Gasteiger partial charge in [0.1, 0.15) is 0 Å². The monoisotopic (exact) mass is 378 g/mol. The first-order valence-electron chi connectivity index (χ1n) is 9.74. The molecule has 6 nitrogen and oxygen atoms in total. The number of esters is 1. The van der Waals surface area contributed by atoms with Crippen molar-refractivity contribution in [2.45, 2.75) is 58.3 Å². The number of allylic oxidation sites excluding steroid dienone is 3. The number of methoxy groups -OCH3 is 1. The molecule has 0 aromatic carbocycles. The number of ether oxygens (including phenoxy) is 3. The highest BCUT2D eigenvalue weighted by Crippen LogP contribution is 2.57. The van der Waals surface area contributed by atoms with E-state index in [4.69, 9.17) is 14.2 Å². The second kappa shape index (κ2) is 7.86. The fraction of sp³-hybridized carbons (Fsp3) is 0.714. The van der Waals surface area contributed by atoms with Crippen LogP contribution in [0.5, 0.6) is 0 Å². The van der Waals surface area contributed by atoms with E-state index in [0.717, 1.165) is 19.3 Å². The van der Waals surface area contributed by atoms with Gasteiger partial charge in [-0.1, -0.05) is 26.0 Å². The van der Waals surface area contributed by atoms with E-state index in [1.54, 1.807) is 0 Å². The molecular weight excluding hydrogens is 348 g/mol. The molecule has 27 heavy (non-hydrogen) atoms. The van der Waals surface area contributed by atoms with Crippen molar-refractivity contribution in [1.29, 1.82) is 0 Å². The van der Waals surface area contributed by atoms with Crippen LogP contribution in [0.2, 0.25) is 0 Å². The Bertz CT molecular complexity index is 643. The summed E-state index contributed by atoms with van der Waals surface area (Å²) in [6.07, 6.45) is 7.76. The number of fused-ring (bicyclic) bond motifs is 1. The number of rotatable bonds is 5. The second-order valence-corrected chi connectivity index (χ2v) is 8.40. The van der Waals surface area contributed by atoms with Gasteiger partial charge >= 0.3 is 5.97 Å². The fourth-order valence-electron chi connectivity index (χ4n) is 4.59. The number of hydrogen-bond donors (Lipinski definition) is 1. The maximum Gasteiger partial charge on any atom is 0.316 e. The Labute approximate surface area is 160 Å². The van der Waals surface area contributed by atoms with Gasteiger partial charge in [-0.05, 0) is 49.2 Å². The summed E-state index contributed by atoms with van der Waals surface area (Å²) in [6.45, 7) is 4.68. The van der Waals surface area contributed by atoms with Crippen molar-refractivity contribution in [3.05, 3.63) is 23.8 Å². The molecule has 1 saturated heterocycles. The average molecular weight is 378 g/mol. The number of aliphatic hydroxyl groups excluding tert-OH is 1. The van der Waals surface area contributed by atoms with Crippen molar-refractivity contribution in [3.8, 4) is 0 Å². The van der Waals surface area contributed by atoms with Crippen LogP contribution in [0.1, 0.15) is 46.0 Å². The van der Waals surface area contributed by atoms with Crippen LogP contribution in [0.3, 0.4) is 0 Å². The number of carbonyl (C=O) groups is 2. The molecule has 0 aromatic heterocycles. The lowest BCUT2D eigenvalue weighted by molar-refractivity contribution is -0.183. The lowest BCUT2D eigenvalue weighted by Crippen LogP contribution is -2.53. The molecular formula is C21H30O6. The number of hydrogen-bond acceptors (Lipinski definition) is 6. The molecule has 1 N–H and O–H groups in total. The molecule has 0 saturated carbocycles. The van der Waals surface area contributed by atoms with E-state index in [2.05, 4.69) is 0 Å². The van der Waals surface area contributed by atoms with Gasteiger partial charge in [-0.15, -0.1) is 0 Å². The Kier molecular flexibility index (Phi) is 5.89. The largest absolute Gasteiger partial charge is 0.468 e. The van der Waals surface area contributed by atoms with E-state index in [-0.39, 0.29) is 31.1 Å². The van der Waals surface area contributed by atoms with Gasteiger partial charge in [-0.25, -0.2) is 0 Å². The summed E-state index contributed by atoms with van der Waals surface area (Å²) in [5.74, 6) is -1.24. The molecule has 1 heterocycles. The number of ketones is 1. The summed E-state index contributed by atoms with van der Waals surface area (Å²) in [5, 5.41) is 10.7. The smallest absolute Gasteiger partial charge is 0.316 e. The number of aliphatic hydroxyl groups is 1. The topological polar surface area (TPSA) is 82.1 Å². The predicted molar refractivity (Wildman–Crippen MR) is 98.7 cm³/mol. The minimum atomic E-state index is -0.996. The van der Waals surface area contributed by atoms with Crippen LogP contribution in [0.4, 0.5) is 0 Å². The van der Waals surface area contributed by atoms with Gasteiger partial charge in [0.15, 0.2) is 12.1 Å². The van der Waals surface area contributed by atoms with Crippen molar-refractivity contribution in [2.24, 2.45) is 16.7 Å². The molecule has 3 rings (SSSR count). The summed E-state index contributed by atoms with van der Waals surface area (Å²) >= 11 is 0. The third-order valence-electron chi connectivity index (χ3n) is 6.35. The summed E-state index contributed by atoms with van der Waals surface area (Å²) in [7, 11) is 1.37. The molecule has 0 spiro atoms. The summed E-state index contributed by atoms with van der Waals surface area (Å²) in [6, 6.07) is 0. The average Bonchev–Trinajstić information content (AvgIpc) is 2.65. The minimum absolute atomic E-state index is 0.0117. The summed E-state index contributed by atoms with van der Waals surface area (Å²) in [4.78, 5) is 25.6. The highest BCUT2D eigenvalue weighted by atomic mass is 16.7. The Morgan fingerprint density at radius 2 is 2.19 bits per heavy atom. The number of carbonyl (C=O) groups excluding carboxylic acids is 2. The second-order valence-electron chi connectivity index (χ2n) is 8.40. The standard InChI is InChI=1S/C21H30O6/c1-20(2)9-6-7-14-11-16(22)15(12-21(14,20)19(24)25-3)17(23)13-27-18-8-4-5-10-26-18/h6-7,11,15,17-18,23H,4-5,8-10,12-13H2,1-3H3/t15?,17?,18?,21-/m0/s1. The normalized spacial score (nSPS) is 33.8. The Hall–Kier alpha value is -1.50. The van der Waals surface area contributed by atoms with Crippen LogP contribution in [-0.4, -0.2) is 49.6 Å². The first-order chi connectivity index (χ1) is 12.8. The maximum atomic E-state index is 12.9. The lowest BCUT2D eigenvalue weighted by atomic mass is 9.52. The molecule has 6 heteroatoms. The molecule has 2 aliphatic carbocycles. The Morgan fingerprint density at radius 3 is 2.85 bits per heavy atom. The molecule has 1 fully saturated rings. The van der Waals surface area contributed by atoms with Crippen LogP contribution in [0.15, 0.2) is 23.8 Å². The first-order valence-corrected chi connectivity index (χ1v) is 9.74. The van der Waals surface area contributed by atoms with Gasteiger partial charge < -0.3 is 19.3 Å². The molecule has 0 radical (unpaired) electrons. The van der Waals surface area contributed by atoms with Gasteiger partial charge in [0.25, 0.3) is 0 Å². The summed E-state index contributed by atoms with van der Waals surface area (Å²) in [5.41, 5.74) is -0.694. The van der Waals surface area contributed by atoms with Crippen molar-refractivity contribution in [2.75, 3.05) is 20.3 Å². The van der Waals surface area contributed by atoms with Crippen LogP contribution in [0.25, 0.3) is 0 Å². The van der Waals surface area contributed by atoms with Gasteiger partial charge in [0.2, 0.25) is 0 Å².